The minimum absolute atomic E-state index is 0.843. The van der Waals surface area contributed by atoms with Crippen LogP contribution in [0, 0.1) is 0 Å². The summed E-state index contributed by atoms with van der Waals surface area (Å²) in [6.45, 7) is 2.98. The molecule has 4 heterocycles. The van der Waals surface area contributed by atoms with E-state index >= 15 is 0 Å². The zero-order chi connectivity index (χ0) is 18.0. The van der Waals surface area contributed by atoms with Crippen LogP contribution in [0.25, 0.3) is 54.9 Å². The SMILES string of the molecule is CCn1c2ccccc2c2nc3c4cccnc4c4ncccc4c3nc21. The first-order chi connectivity index (χ1) is 13.4. The number of fused-ring (bicyclic) bond motifs is 9. The van der Waals surface area contributed by atoms with Gasteiger partial charge in [0.15, 0.2) is 5.65 Å². The summed E-state index contributed by atoms with van der Waals surface area (Å²) in [6, 6.07) is 16.4. The molecule has 27 heavy (non-hydrogen) atoms. The van der Waals surface area contributed by atoms with Crippen molar-refractivity contribution in [2.24, 2.45) is 0 Å². The van der Waals surface area contributed by atoms with Crippen LogP contribution in [0.5, 0.6) is 0 Å². The van der Waals surface area contributed by atoms with Gasteiger partial charge in [0.2, 0.25) is 0 Å². The number of para-hydroxylation sites is 1. The van der Waals surface area contributed by atoms with E-state index in [1.165, 1.54) is 0 Å². The molecule has 128 valence electrons. The molecule has 0 aliphatic heterocycles. The Morgan fingerprint density at radius 1 is 0.667 bits per heavy atom. The second-order valence-corrected chi connectivity index (χ2v) is 6.65. The van der Waals surface area contributed by atoms with Crippen LogP contribution in [0.3, 0.4) is 0 Å². The number of nitrogens with zero attached hydrogens (tertiary/aromatic N) is 5. The van der Waals surface area contributed by atoms with Crippen LogP contribution in [0.15, 0.2) is 60.9 Å². The highest BCUT2D eigenvalue weighted by molar-refractivity contribution is 6.22. The Morgan fingerprint density at radius 3 is 2.00 bits per heavy atom. The van der Waals surface area contributed by atoms with Crippen molar-refractivity contribution in [1.82, 2.24) is 24.5 Å². The first-order valence-electron chi connectivity index (χ1n) is 9.07. The second kappa shape index (κ2) is 5.20. The predicted molar refractivity (Wildman–Crippen MR) is 109 cm³/mol. The molecule has 0 radical (unpaired) electrons. The standard InChI is InChI=1S/C22H15N5/c1-2-27-16-10-4-3-7-13(16)21-22(27)26-20-15-9-6-12-24-18(15)17-14(19(20)25-21)8-5-11-23-17/h3-12H,2H2,1H3. The van der Waals surface area contributed by atoms with Gasteiger partial charge in [-0.3, -0.25) is 9.97 Å². The van der Waals surface area contributed by atoms with Gasteiger partial charge in [-0.1, -0.05) is 18.2 Å². The maximum atomic E-state index is 5.10. The minimum atomic E-state index is 0.843. The summed E-state index contributed by atoms with van der Waals surface area (Å²) in [5, 5.41) is 3.11. The quantitative estimate of drug-likeness (QED) is 0.398. The van der Waals surface area contributed by atoms with Crippen molar-refractivity contribution >= 4 is 54.9 Å². The first kappa shape index (κ1) is 14.6. The molecule has 4 aromatic heterocycles. The van der Waals surface area contributed by atoms with Crippen molar-refractivity contribution in [3.63, 3.8) is 0 Å². The Labute approximate surface area is 154 Å². The average molecular weight is 349 g/mol. The highest BCUT2D eigenvalue weighted by Gasteiger charge is 2.17. The van der Waals surface area contributed by atoms with Gasteiger partial charge in [-0.05, 0) is 37.3 Å². The molecule has 0 saturated heterocycles. The molecular weight excluding hydrogens is 334 g/mol. The van der Waals surface area contributed by atoms with Gasteiger partial charge < -0.3 is 4.57 Å². The van der Waals surface area contributed by atoms with Gasteiger partial charge in [0.25, 0.3) is 0 Å². The van der Waals surface area contributed by atoms with Crippen LogP contribution >= 0.6 is 0 Å². The summed E-state index contributed by atoms with van der Waals surface area (Å²) >= 11 is 0. The van der Waals surface area contributed by atoms with E-state index in [0.717, 1.165) is 61.5 Å². The van der Waals surface area contributed by atoms with E-state index in [4.69, 9.17) is 9.97 Å². The van der Waals surface area contributed by atoms with E-state index in [1.54, 1.807) is 12.4 Å². The third kappa shape index (κ3) is 1.83. The van der Waals surface area contributed by atoms with Gasteiger partial charge in [-0.15, -0.1) is 0 Å². The lowest BCUT2D eigenvalue weighted by Gasteiger charge is -2.08. The molecule has 5 nitrogen and oxygen atoms in total. The number of aryl methyl sites for hydroxylation is 1. The summed E-state index contributed by atoms with van der Waals surface area (Å²) in [6.07, 6.45) is 3.61. The van der Waals surface area contributed by atoms with E-state index in [2.05, 4.69) is 57.9 Å². The smallest absolute Gasteiger partial charge is 0.160 e. The Balaban J connectivity index is 1.96. The number of aromatic nitrogens is 5. The maximum Gasteiger partial charge on any atom is 0.160 e. The Morgan fingerprint density at radius 2 is 1.30 bits per heavy atom. The summed E-state index contributed by atoms with van der Waals surface area (Å²) in [7, 11) is 0. The number of benzene rings is 2. The lowest BCUT2D eigenvalue weighted by Crippen LogP contribution is -1.98. The van der Waals surface area contributed by atoms with E-state index in [9.17, 15) is 0 Å². The van der Waals surface area contributed by atoms with Crippen LogP contribution in [0.1, 0.15) is 6.92 Å². The molecule has 0 N–H and O–H groups in total. The zero-order valence-corrected chi connectivity index (χ0v) is 14.7. The minimum Gasteiger partial charge on any atom is -0.324 e. The third-order valence-corrected chi connectivity index (χ3v) is 5.25. The van der Waals surface area contributed by atoms with Crippen molar-refractivity contribution in [1.29, 1.82) is 0 Å². The number of pyridine rings is 2. The van der Waals surface area contributed by atoms with Crippen molar-refractivity contribution in [2.45, 2.75) is 13.5 Å². The molecule has 6 rings (SSSR count). The fourth-order valence-corrected chi connectivity index (χ4v) is 4.08. The molecule has 2 aromatic carbocycles. The molecule has 0 fully saturated rings. The monoisotopic (exact) mass is 349 g/mol. The van der Waals surface area contributed by atoms with Crippen LogP contribution < -0.4 is 0 Å². The third-order valence-electron chi connectivity index (χ3n) is 5.25. The van der Waals surface area contributed by atoms with Crippen LogP contribution in [0.2, 0.25) is 0 Å². The number of rotatable bonds is 1. The molecule has 0 saturated carbocycles. The largest absolute Gasteiger partial charge is 0.324 e. The normalized spacial score (nSPS) is 12.0. The van der Waals surface area contributed by atoms with E-state index < -0.39 is 0 Å². The van der Waals surface area contributed by atoms with E-state index in [1.807, 2.05) is 12.1 Å². The summed E-state index contributed by atoms with van der Waals surface area (Å²) < 4.78 is 2.23. The van der Waals surface area contributed by atoms with Crippen LogP contribution in [0.4, 0.5) is 0 Å². The van der Waals surface area contributed by atoms with Crippen molar-refractivity contribution < 1.29 is 0 Å². The van der Waals surface area contributed by atoms with Gasteiger partial charge in [0.1, 0.15) is 11.0 Å². The van der Waals surface area contributed by atoms with Gasteiger partial charge in [0.05, 0.1) is 22.1 Å². The van der Waals surface area contributed by atoms with Gasteiger partial charge in [-0.2, -0.15) is 0 Å². The van der Waals surface area contributed by atoms with Crippen LogP contribution in [-0.4, -0.2) is 24.5 Å². The molecule has 0 unspecified atom stereocenters. The molecule has 6 aromatic rings. The highest BCUT2D eigenvalue weighted by atomic mass is 15.1. The Kier molecular flexibility index (Phi) is 2.81. The molecule has 5 heteroatoms. The van der Waals surface area contributed by atoms with Gasteiger partial charge in [-0.25, -0.2) is 9.97 Å². The zero-order valence-electron chi connectivity index (χ0n) is 14.7. The van der Waals surface area contributed by atoms with E-state index in [-0.39, 0.29) is 0 Å². The van der Waals surface area contributed by atoms with Crippen molar-refractivity contribution in [2.75, 3.05) is 0 Å². The first-order valence-corrected chi connectivity index (χ1v) is 9.07. The predicted octanol–water partition coefficient (Wildman–Crippen LogP) is 4.85. The lowest BCUT2D eigenvalue weighted by molar-refractivity contribution is 0.817. The molecule has 0 atom stereocenters. The molecule has 0 bridgehead atoms. The van der Waals surface area contributed by atoms with Gasteiger partial charge in [0, 0.05) is 35.1 Å². The van der Waals surface area contributed by atoms with Gasteiger partial charge >= 0.3 is 0 Å². The summed E-state index contributed by atoms with van der Waals surface area (Å²) in [5.74, 6) is 0. The second-order valence-electron chi connectivity index (χ2n) is 6.65. The topological polar surface area (TPSA) is 56.5 Å². The Hall–Kier alpha value is -3.60. The Bertz CT molecular complexity index is 1510. The molecule has 0 aliphatic rings. The molecular formula is C22H15N5. The molecule has 0 spiro atoms. The van der Waals surface area contributed by atoms with E-state index in [0.29, 0.717) is 0 Å². The molecule has 0 aliphatic carbocycles. The molecule has 0 amide bonds. The maximum absolute atomic E-state index is 5.10. The fourth-order valence-electron chi connectivity index (χ4n) is 4.08. The highest BCUT2D eigenvalue weighted by Crippen LogP contribution is 2.34. The van der Waals surface area contributed by atoms with Crippen molar-refractivity contribution in [3.8, 4) is 0 Å². The van der Waals surface area contributed by atoms with Crippen LogP contribution in [-0.2, 0) is 6.54 Å². The summed E-state index contributed by atoms with van der Waals surface area (Å²) in [5.41, 5.74) is 6.51. The number of hydrogen-bond donors (Lipinski definition) is 0. The fraction of sp³-hybridized carbons (Fsp3) is 0.0909. The van der Waals surface area contributed by atoms with Crippen molar-refractivity contribution in [3.05, 3.63) is 60.9 Å². The lowest BCUT2D eigenvalue weighted by atomic mass is 10.1. The summed E-state index contributed by atoms with van der Waals surface area (Å²) in [4.78, 5) is 19.4. The number of hydrogen-bond acceptors (Lipinski definition) is 4. The average Bonchev–Trinajstić information content (AvgIpc) is 3.05.